The Morgan fingerprint density at radius 3 is 2.45 bits per heavy atom. The average Bonchev–Trinajstić information content (AvgIpc) is 3.43. The Hall–Kier alpha value is -3.09. The van der Waals surface area contributed by atoms with Gasteiger partial charge in [0, 0.05) is 4.88 Å². The maximum absolute atomic E-state index is 13.6. The number of aryl methyl sites for hydroxylation is 2. The Bertz CT molecular complexity index is 1500. The molecule has 4 rings (SSSR count). The molecule has 3 aromatic rings. The van der Waals surface area contributed by atoms with Crippen LogP contribution in [0.2, 0.25) is 5.02 Å². The molecule has 1 aliphatic rings. The molecule has 0 spiro atoms. The van der Waals surface area contributed by atoms with Gasteiger partial charge in [0.1, 0.15) is 11.5 Å². The van der Waals surface area contributed by atoms with Gasteiger partial charge in [0.25, 0.3) is 10.0 Å². The summed E-state index contributed by atoms with van der Waals surface area (Å²) in [6.07, 6.45) is -2.66. The summed E-state index contributed by atoms with van der Waals surface area (Å²) in [5.74, 6) is -1.49. The fourth-order valence-electron chi connectivity index (χ4n) is 4.15. The number of hydrogen-bond acceptors (Lipinski definition) is 6. The van der Waals surface area contributed by atoms with Crippen LogP contribution in [-0.4, -0.2) is 33.9 Å². The predicted molar refractivity (Wildman–Crippen MR) is 138 cm³/mol. The summed E-state index contributed by atoms with van der Waals surface area (Å²) < 4.78 is 73.3. The normalized spacial score (nSPS) is 13.2. The molecule has 1 aliphatic carbocycles. The van der Waals surface area contributed by atoms with Crippen molar-refractivity contribution in [1.29, 1.82) is 0 Å². The summed E-state index contributed by atoms with van der Waals surface area (Å²) in [5.41, 5.74) is 0.0919. The number of thiophene rings is 1. The second-order valence-electron chi connectivity index (χ2n) is 8.59. The zero-order valence-electron chi connectivity index (χ0n) is 20.2. The molecule has 0 saturated carbocycles. The first-order valence-electron chi connectivity index (χ1n) is 11.3. The third kappa shape index (κ3) is 5.52. The van der Waals surface area contributed by atoms with E-state index in [0.29, 0.717) is 16.8 Å². The van der Waals surface area contributed by atoms with Crippen molar-refractivity contribution in [1.82, 2.24) is 0 Å². The summed E-state index contributed by atoms with van der Waals surface area (Å²) in [5, 5.41) is 2.15. The van der Waals surface area contributed by atoms with Gasteiger partial charge < -0.3 is 10.1 Å². The van der Waals surface area contributed by atoms with Crippen LogP contribution >= 0.6 is 22.9 Å². The first-order chi connectivity index (χ1) is 17.8. The third-order valence-corrected chi connectivity index (χ3v) is 9.33. The van der Waals surface area contributed by atoms with E-state index in [9.17, 15) is 31.2 Å². The lowest BCUT2D eigenvalue weighted by Crippen LogP contribution is -2.38. The lowest BCUT2D eigenvalue weighted by atomic mass is 10.1. The number of fused-ring (bicyclic) bond motifs is 1. The number of anilines is 2. The number of benzene rings is 2. The highest BCUT2D eigenvalue weighted by molar-refractivity contribution is 7.92. The van der Waals surface area contributed by atoms with E-state index in [4.69, 9.17) is 16.3 Å². The molecule has 1 aromatic heterocycles. The van der Waals surface area contributed by atoms with E-state index < -0.39 is 50.9 Å². The summed E-state index contributed by atoms with van der Waals surface area (Å²) >= 11 is 6.92. The van der Waals surface area contributed by atoms with Crippen LogP contribution in [0.25, 0.3) is 0 Å². The number of nitrogens with one attached hydrogen (secondary N) is 1. The van der Waals surface area contributed by atoms with E-state index in [1.165, 1.54) is 42.7 Å². The third-order valence-electron chi connectivity index (χ3n) is 6.00. The smallest absolute Gasteiger partial charge is 0.417 e. The van der Waals surface area contributed by atoms with Gasteiger partial charge in [0.2, 0.25) is 5.91 Å². The molecule has 0 bridgehead atoms. The highest BCUT2D eigenvalue weighted by Crippen LogP contribution is 2.40. The summed E-state index contributed by atoms with van der Waals surface area (Å²) in [6, 6.07) is 8.27. The maximum Gasteiger partial charge on any atom is 0.417 e. The monoisotopic (exact) mass is 586 g/mol. The Kier molecular flexibility index (Phi) is 7.78. The number of ether oxygens (including phenoxy) is 1. The molecule has 1 amide bonds. The van der Waals surface area contributed by atoms with Gasteiger partial charge in [-0.05, 0) is 62.1 Å². The number of nitrogens with zero attached hydrogens (tertiary/aromatic N) is 1. The number of sulfonamides is 1. The number of halogens is 4. The lowest BCUT2D eigenvalue weighted by molar-refractivity contribution is -0.137. The van der Waals surface area contributed by atoms with Gasteiger partial charge in [-0.1, -0.05) is 29.3 Å². The van der Waals surface area contributed by atoms with Crippen molar-refractivity contribution < 1.29 is 35.9 Å². The van der Waals surface area contributed by atoms with E-state index in [0.717, 1.165) is 41.0 Å². The maximum atomic E-state index is 13.6. The van der Waals surface area contributed by atoms with Crippen molar-refractivity contribution in [3.8, 4) is 0 Å². The standard InChI is InChI=1S/C25H22ClF3N2O5S2/c1-14-6-9-16(10-7-14)38(34,35)31(15-8-11-19(26)18(12-15)25(27,28)29)13-21(32)30-23-22(24(33)36-2)17-4-3-5-20(17)37-23/h6-12H,3-5,13H2,1-2H3,(H,30,32). The second kappa shape index (κ2) is 10.6. The van der Waals surface area contributed by atoms with Crippen LogP contribution in [0, 0.1) is 6.92 Å². The molecule has 13 heteroatoms. The van der Waals surface area contributed by atoms with Crippen LogP contribution in [0.3, 0.4) is 0 Å². The molecule has 0 radical (unpaired) electrons. The van der Waals surface area contributed by atoms with Crippen LogP contribution in [0.1, 0.15) is 38.3 Å². The number of amides is 1. The number of alkyl halides is 3. The van der Waals surface area contributed by atoms with E-state index in [1.807, 2.05) is 0 Å². The highest BCUT2D eigenvalue weighted by Gasteiger charge is 2.36. The molecule has 1 N–H and O–H groups in total. The van der Waals surface area contributed by atoms with E-state index >= 15 is 0 Å². The SMILES string of the molecule is COC(=O)c1c(NC(=O)CN(c2ccc(Cl)c(C(F)(F)F)c2)S(=O)(=O)c2ccc(C)cc2)sc2c1CCC2. The average molecular weight is 587 g/mol. The van der Waals surface area contributed by atoms with Crippen LogP contribution in [-0.2, 0) is 38.6 Å². The molecular formula is C25H22ClF3N2O5S2. The number of methoxy groups -OCH3 is 1. The fraction of sp³-hybridized carbons (Fsp3) is 0.280. The molecule has 2 aromatic carbocycles. The van der Waals surface area contributed by atoms with Gasteiger partial charge in [-0.2, -0.15) is 13.2 Å². The summed E-state index contributed by atoms with van der Waals surface area (Å²) in [4.78, 5) is 26.3. The van der Waals surface area contributed by atoms with Crippen LogP contribution in [0.5, 0.6) is 0 Å². The van der Waals surface area contributed by atoms with Gasteiger partial charge in [-0.3, -0.25) is 9.10 Å². The van der Waals surface area contributed by atoms with Crippen LogP contribution in [0.4, 0.5) is 23.9 Å². The van der Waals surface area contributed by atoms with Crippen molar-refractivity contribution in [3.05, 3.63) is 74.6 Å². The quantitative estimate of drug-likeness (QED) is 0.351. The molecule has 7 nitrogen and oxygen atoms in total. The topological polar surface area (TPSA) is 92.8 Å². The number of carbonyl (C=O) groups excluding carboxylic acids is 2. The van der Waals surface area contributed by atoms with Crippen molar-refractivity contribution in [2.45, 2.75) is 37.3 Å². The zero-order valence-corrected chi connectivity index (χ0v) is 22.6. The number of carbonyl (C=O) groups is 2. The molecule has 0 unspecified atom stereocenters. The molecule has 1 heterocycles. The minimum Gasteiger partial charge on any atom is -0.465 e. The van der Waals surface area contributed by atoms with Gasteiger partial charge >= 0.3 is 12.1 Å². The molecule has 38 heavy (non-hydrogen) atoms. The first kappa shape index (κ1) is 27.9. The second-order valence-corrected chi connectivity index (χ2v) is 12.0. The lowest BCUT2D eigenvalue weighted by Gasteiger charge is -2.25. The number of rotatable bonds is 7. The Balaban J connectivity index is 1.74. The Morgan fingerprint density at radius 2 is 1.82 bits per heavy atom. The first-order valence-corrected chi connectivity index (χ1v) is 13.9. The Morgan fingerprint density at radius 1 is 1.13 bits per heavy atom. The number of esters is 1. The zero-order chi connectivity index (χ0) is 27.8. The molecule has 0 saturated heterocycles. The molecular weight excluding hydrogens is 565 g/mol. The minimum atomic E-state index is -4.86. The molecule has 202 valence electrons. The molecule has 0 atom stereocenters. The van der Waals surface area contributed by atoms with Crippen molar-refractivity contribution >= 4 is 55.5 Å². The van der Waals surface area contributed by atoms with Gasteiger partial charge in [0.05, 0.1) is 33.8 Å². The van der Waals surface area contributed by atoms with Crippen LogP contribution in [0.15, 0.2) is 47.4 Å². The predicted octanol–water partition coefficient (Wildman–Crippen LogP) is 5.84. The van der Waals surface area contributed by atoms with Gasteiger partial charge in [-0.25, -0.2) is 13.2 Å². The van der Waals surface area contributed by atoms with Crippen molar-refractivity contribution in [2.75, 3.05) is 23.3 Å². The molecule has 0 fully saturated rings. The summed E-state index contributed by atoms with van der Waals surface area (Å²) in [6.45, 7) is 0.881. The van der Waals surface area contributed by atoms with Gasteiger partial charge in [-0.15, -0.1) is 11.3 Å². The Labute approximate surface area is 226 Å². The minimum absolute atomic E-state index is 0.200. The van der Waals surface area contributed by atoms with E-state index in [2.05, 4.69) is 5.32 Å². The van der Waals surface area contributed by atoms with E-state index in [-0.39, 0.29) is 15.5 Å². The van der Waals surface area contributed by atoms with Crippen LogP contribution < -0.4 is 9.62 Å². The summed E-state index contributed by atoms with van der Waals surface area (Å²) in [7, 11) is -3.28. The van der Waals surface area contributed by atoms with Crippen molar-refractivity contribution in [2.24, 2.45) is 0 Å². The van der Waals surface area contributed by atoms with Crippen molar-refractivity contribution in [3.63, 3.8) is 0 Å². The van der Waals surface area contributed by atoms with Gasteiger partial charge in [0.15, 0.2) is 0 Å². The number of hydrogen-bond donors (Lipinski definition) is 1. The highest BCUT2D eigenvalue weighted by atomic mass is 35.5. The van der Waals surface area contributed by atoms with E-state index in [1.54, 1.807) is 6.92 Å². The largest absolute Gasteiger partial charge is 0.465 e. The fourth-order valence-corrected chi connectivity index (χ4v) is 7.08. The molecule has 0 aliphatic heterocycles.